The van der Waals surface area contributed by atoms with Gasteiger partial charge in [-0.2, -0.15) is 0 Å². The SMILES string of the molecule is COc1ccc(C(=O)/C=C/c2sccc2C)cc1CCl. The Balaban J connectivity index is 2.21. The minimum absolute atomic E-state index is 0.0354. The number of halogens is 1. The second-order valence-electron chi connectivity index (χ2n) is 4.33. The highest BCUT2D eigenvalue weighted by Gasteiger charge is 2.07. The minimum atomic E-state index is -0.0354. The van der Waals surface area contributed by atoms with Gasteiger partial charge in [-0.3, -0.25) is 4.79 Å². The fraction of sp³-hybridized carbons (Fsp3) is 0.188. The second kappa shape index (κ2) is 6.73. The highest BCUT2D eigenvalue weighted by molar-refractivity contribution is 7.11. The Morgan fingerprint density at radius 3 is 2.80 bits per heavy atom. The first-order chi connectivity index (χ1) is 9.65. The van der Waals surface area contributed by atoms with Gasteiger partial charge >= 0.3 is 0 Å². The standard InChI is InChI=1S/C16H15ClO2S/c1-11-7-8-20-16(11)6-4-14(18)12-3-5-15(19-2)13(9-12)10-17/h3-9H,10H2,1-2H3/b6-4+. The number of aryl methyl sites for hydroxylation is 1. The van der Waals surface area contributed by atoms with E-state index in [0.717, 1.165) is 10.4 Å². The molecule has 1 heterocycles. The molecule has 2 nitrogen and oxygen atoms in total. The van der Waals surface area contributed by atoms with Crippen molar-refractivity contribution in [3.05, 3.63) is 57.3 Å². The molecule has 20 heavy (non-hydrogen) atoms. The molecule has 0 N–H and O–H groups in total. The maximum atomic E-state index is 12.2. The van der Waals surface area contributed by atoms with Crippen LogP contribution in [0.3, 0.4) is 0 Å². The third kappa shape index (κ3) is 3.30. The zero-order chi connectivity index (χ0) is 14.5. The number of hydrogen-bond donors (Lipinski definition) is 0. The number of ether oxygens (including phenoxy) is 1. The van der Waals surface area contributed by atoms with E-state index >= 15 is 0 Å². The lowest BCUT2D eigenvalue weighted by Crippen LogP contribution is -1.97. The summed E-state index contributed by atoms with van der Waals surface area (Å²) >= 11 is 7.48. The van der Waals surface area contributed by atoms with Gasteiger partial charge in [0.1, 0.15) is 5.75 Å². The summed E-state index contributed by atoms with van der Waals surface area (Å²) in [5.41, 5.74) is 2.61. The highest BCUT2D eigenvalue weighted by Crippen LogP contribution is 2.23. The summed E-state index contributed by atoms with van der Waals surface area (Å²) in [5, 5.41) is 2.01. The van der Waals surface area contributed by atoms with Crippen molar-refractivity contribution in [2.75, 3.05) is 7.11 Å². The number of thiophene rings is 1. The van der Waals surface area contributed by atoms with E-state index in [1.165, 1.54) is 5.56 Å². The van der Waals surface area contributed by atoms with Gasteiger partial charge in [-0.25, -0.2) is 0 Å². The van der Waals surface area contributed by atoms with Crippen LogP contribution < -0.4 is 4.74 Å². The number of carbonyl (C=O) groups is 1. The van der Waals surface area contributed by atoms with Gasteiger partial charge in [0.2, 0.25) is 0 Å². The number of rotatable bonds is 5. The topological polar surface area (TPSA) is 26.3 Å². The average molecular weight is 307 g/mol. The summed E-state index contributed by atoms with van der Waals surface area (Å²) < 4.78 is 5.19. The van der Waals surface area contributed by atoms with Gasteiger partial charge in [0.25, 0.3) is 0 Å². The molecule has 0 fully saturated rings. The molecule has 104 valence electrons. The molecule has 0 spiro atoms. The Hall–Kier alpha value is -1.58. The Labute approximate surface area is 127 Å². The van der Waals surface area contributed by atoms with Crippen molar-refractivity contribution in [2.24, 2.45) is 0 Å². The average Bonchev–Trinajstić information content (AvgIpc) is 2.89. The number of methoxy groups -OCH3 is 1. The van der Waals surface area contributed by atoms with Crippen LogP contribution in [0.4, 0.5) is 0 Å². The molecule has 0 saturated carbocycles. The van der Waals surface area contributed by atoms with Crippen LogP contribution in [0.2, 0.25) is 0 Å². The van der Waals surface area contributed by atoms with Crippen LogP contribution in [0.1, 0.15) is 26.4 Å². The lowest BCUT2D eigenvalue weighted by atomic mass is 10.1. The van der Waals surface area contributed by atoms with Gasteiger partial charge in [0, 0.05) is 16.0 Å². The van der Waals surface area contributed by atoms with E-state index in [9.17, 15) is 4.79 Å². The first kappa shape index (κ1) is 14.8. The fourth-order valence-electron chi connectivity index (χ4n) is 1.84. The lowest BCUT2D eigenvalue weighted by molar-refractivity contribution is 0.104. The number of benzene rings is 1. The second-order valence-corrected chi connectivity index (χ2v) is 5.54. The van der Waals surface area contributed by atoms with Crippen LogP contribution in [0.5, 0.6) is 5.75 Å². The molecule has 2 rings (SSSR count). The van der Waals surface area contributed by atoms with Crippen molar-refractivity contribution < 1.29 is 9.53 Å². The zero-order valence-electron chi connectivity index (χ0n) is 11.4. The number of allylic oxidation sites excluding steroid dienone is 1. The Morgan fingerprint density at radius 1 is 1.40 bits per heavy atom. The first-order valence-electron chi connectivity index (χ1n) is 6.15. The van der Waals surface area contributed by atoms with E-state index in [2.05, 4.69) is 0 Å². The molecule has 0 aliphatic rings. The van der Waals surface area contributed by atoms with E-state index in [1.54, 1.807) is 42.7 Å². The van der Waals surface area contributed by atoms with Gasteiger partial charge in [-0.1, -0.05) is 0 Å². The number of ketones is 1. The quantitative estimate of drug-likeness (QED) is 0.455. The van der Waals surface area contributed by atoms with E-state index in [1.807, 2.05) is 24.4 Å². The molecule has 0 saturated heterocycles. The monoisotopic (exact) mass is 306 g/mol. The first-order valence-corrected chi connectivity index (χ1v) is 7.56. The van der Waals surface area contributed by atoms with Crippen LogP contribution in [0.25, 0.3) is 6.08 Å². The van der Waals surface area contributed by atoms with Crippen LogP contribution in [-0.4, -0.2) is 12.9 Å². The molecule has 1 aromatic carbocycles. The lowest BCUT2D eigenvalue weighted by Gasteiger charge is -2.06. The van der Waals surface area contributed by atoms with Crippen molar-refractivity contribution in [1.29, 1.82) is 0 Å². The molecule has 0 radical (unpaired) electrons. The molecule has 2 aromatic rings. The summed E-state index contributed by atoms with van der Waals surface area (Å²) in [4.78, 5) is 13.3. The van der Waals surface area contributed by atoms with E-state index in [-0.39, 0.29) is 5.78 Å². The molecule has 1 aromatic heterocycles. The van der Waals surface area contributed by atoms with Gasteiger partial charge in [-0.15, -0.1) is 22.9 Å². The molecule has 0 aliphatic carbocycles. The molecule has 0 unspecified atom stereocenters. The maximum Gasteiger partial charge on any atom is 0.185 e. The molecular formula is C16H15ClO2S. The number of alkyl halides is 1. The van der Waals surface area contributed by atoms with Crippen molar-refractivity contribution in [2.45, 2.75) is 12.8 Å². The molecule has 0 aliphatic heterocycles. The molecule has 0 atom stereocenters. The predicted octanol–water partition coefficient (Wildman–Crippen LogP) is 4.70. The highest BCUT2D eigenvalue weighted by atomic mass is 35.5. The largest absolute Gasteiger partial charge is 0.496 e. The molecule has 4 heteroatoms. The number of carbonyl (C=O) groups excluding carboxylic acids is 1. The van der Waals surface area contributed by atoms with Crippen molar-refractivity contribution in [3.8, 4) is 5.75 Å². The van der Waals surface area contributed by atoms with E-state index in [0.29, 0.717) is 17.2 Å². The Morgan fingerprint density at radius 2 is 2.20 bits per heavy atom. The zero-order valence-corrected chi connectivity index (χ0v) is 12.9. The van der Waals surface area contributed by atoms with Crippen LogP contribution in [0, 0.1) is 6.92 Å². The smallest absolute Gasteiger partial charge is 0.185 e. The van der Waals surface area contributed by atoms with Gasteiger partial charge < -0.3 is 4.74 Å². The summed E-state index contributed by atoms with van der Waals surface area (Å²) in [6.45, 7) is 2.03. The third-order valence-electron chi connectivity index (χ3n) is 3.00. The minimum Gasteiger partial charge on any atom is -0.496 e. The van der Waals surface area contributed by atoms with Gasteiger partial charge in [0.15, 0.2) is 5.78 Å². The van der Waals surface area contributed by atoms with E-state index < -0.39 is 0 Å². The summed E-state index contributed by atoms with van der Waals surface area (Å²) in [6.07, 6.45) is 3.45. The summed E-state index contributed by atoms with van der Waals surface area (Å²) in [5.74, 6) is 0.986. The normalized spacial score (nSPS) is 10.9. The summed E-state index contributed by atoms with van der Waals surface area (Å²) in [7, 11) is 1.59. The van der Waals surface area contributed by atoms with Gasteiger partial charge in [-0.05, 0) is 54.3 Å². The number of hydrogen-bond acceptors (Lipinski definition) is 3. The predicted molar refractivity (Wildman–Crippen MR) is 85.0 cm³/mol. The third-order valence-corrected chi connectivity index (χ3v) is 4.27. The summed E-state index contributed by atoms with van der Waals surface area (Å²) in [6, 6.07) is 7.34. The van der Waals surface area contributed by atoms with Crippen LogP contribution >= 0.6 is 22.9 Å². The maximum absolute atomic E-state index is 12.2. The molecular weight excluding hydrogens is 292 g/mol. The van der Waals surface area contributed by atoms with Gasteiger partial charge in [0.05, 0.1) is 13.0 Å². The fourth-order valence-corrected chi connectivity index (χ4v) is 2.87. The molecule has 0 bridgehead atoms. The Bertz CT molecular complexity index is 644. The van der Waals surface area contributed by atoms with Crippen molar-refractivity contribution in [1.82, 2.24) is 0 Å². The van der Waals surface area contributed by atoms with Crippen LogP contribution in [-0.2, 0) is 5.88 Å². The van der Waals surface area contributed by atoms with Crippen molar-refractivity contribution >= 4 is 34.8 Å². The van der Waals surface area contributed by atoms with E-state index in [4.69, 9.17) is 16.3 Å². The molecule has 0 amide bonds. The Kier molecular flexibility index (Phi) is 4.99. The van der Waals surface area contributed by atoms with Crippen molar-refractivity contribution in [3.63, 3.8) is 0 Å². The van der Waals surface area contributed by atoms with Crippen LogP contribution in [0.15, 0.2) is 35.7 Å².